The number of nitrogens with two attached hydrogens (primary N) is 1. The summed E-state index contributed by atoms with van der Waals surface area (Å²) in [6.45, 7) is 6.44. The molecule has 0 aromatic carbocycles. The van der Waals surface area contributed by atoms with Gasteiger partial charge < -0.3 is 11.1 Å². The summed E-state index contributed by atoms with van der Waals surface area (Å²) in [7, 11) is 0. The van der Waals surface area contributed by atoms with Crippen LogP contribution in [0.15, 0.2) is 12.1 Å². The third-order valence-corrected chi connectivity index (χ3v) is 2.91. The van der Waals surface area contributed by atoms with Crippen LogP contribution in [0, 0.1) is 17.2 Å². The molecule has 86 valence electrons. The molecule has 16 heavy (non-hydrogen) atoms. The van der Waals surface area contributed by atoms with Crippen molar-refractivity contribution in [2.24, 2.45) is 5.92 Å². The second-order valence-electron chi connectivity index (χ2n) is 4.06. The Labute approximate surface area is 96.5 Å². The Morgan fingerprint density at radius 2 is 2.19 bits per heavy atom. The van der Waals surface area contributed by atoms with Gasteiger partial charge in [-0.25, -0.2) is 4.98 Å². The molecule has 0 spiro atoms. The van der Waals surface area contributed by atoms with E-state index in [1.54, 1.807) is 12.1 Å². The average Bonchev–Trinajstić information content (AvgIpc) is 2.30. The highest BCUT2D eigenvalue weighted by Crippen LogP contribution is 2.16. The summed E-state index contributed by atoms with van der Waals surface area (Å²) in [6, 6.07) is 5.81. The van der Waals surface area contributed by atoms with Gasteiger partial charge in [0.15, 0.2) is 5.69 Å². The van der Waals surface area contributed by atoms with E-state index in [4.69, 9.17) is 11.0 Å². The van der Waals surface area contributed by atoms with Gasteiger partial charge in [0.25, 0.3) is 0 Å². The smallest absolute Gasteiger partial charge is 0.165 e. The molecule has 0 saturated heterocycles. The summed E-state index contributed by atoms with van der Waals surface area (Å²) in [5.74, 6) is 1.27. The molecule has 4 heteroatoms. The van der Waals surface area contributed by atoms with Crippen LogP contribution in [0.25, 0.3) is 0 Å². The van der Waals surface area contributed by atoms with Crippen LogP contribution in [0.4, 0.5) is 11.5 Å². The third-order valence-electron chi connectivity index (χ3n) is 2.91. The molecule has 1 aromatic rings. The highest BCUT2D eigenvalue weighted by atomic mass is 15.0. The zero-order valence-corrected chi connectivity index (χ0v) is 9.99. The molecule has 0 aliphatic carbocycles. The molecule has 0 radical (unpaired) electrons. The van der Waals surface area contributed by atoms with Crippen LogP contribution >= 0.6 is 0 Å². The first-order valence-corrected chi connectivity index (χ1v) is 5.51. The maximum Gasteiger partial charge on any atom is 0.165 e. The molecule has 0 fully saturated rings. The fourth-order valence-electron chi connectivity index (χ4n) is 1.37. The van der Waals surface area contributed by atoms with E-state index in [-0.39, 0.29) is 5.69 Å². The van der Waals surface area contributed by atoms with Gasteiger partial charge in [0.2, 0.25) is 0 Å². The summed E-state index contributed by atoms with van der Waals surface area (Å²) >= 11 is 0. The zero-order chi connectivity index (χ0) is 12.1. The van der Waals surface area contributed by atoms with E-state index >= 15 is 0 Å². The zero-order valence-electron chi connectivity index (χ0n) is 9.99. The predicted molar refractivity (Wildman–Crippen MR) is 65.9 cm³/mol. The number of hydrogen-bond donors (Lipinski definition) is 2. The number of anilines is 2. The van der Waals surface area contributed by atoms with Gasteiger partial charge in [-0.1, -0.05) is 20.3 Å². The van der Waals surface area contributed by atoms with Gasteiger partial charge in [0.1, 0.15) is 11.9 Å². The molecule has 2 unspecified atom stereocenters. The number of hydrogen-bond acceptors (Lipinski definition) is 4. The van der Waals surface area contributed by atoms with Crippen molar-refractivity contribution in [3.05, 3.63) is 17.8 Å². The minimum Gasteiger partial charge on any atom is -0.396 e. The number of aromatic nitrogens is 1. The summed E-state index contributed by atoms with van der Waals surface area (Å²) in [6.07, 6.45) is 1.11. The van der Waals surface area contributed by atoms with Gasteiger partial charge in [0, 0.05) is 6.04 Å². The molecule has 3 N–H and O–H groups in total. The molecule has 0 bridgehead atoms. The Kier molecular flexibility index (Phi) is 4.12. The lowest BCUT2D eigenvalue weighted by molar-refractivity contribution is 0.493. The number of pyridine rings is 1. The fraction of sp³-hybridized carbons (Fsp3) is 0.500. The van der Waals surface area contributed by atoms with Crippen LogP contribution in [-0.4, -0.2) is 11.0 Å². The van der Waals surface area contributed by atoms with Gasteiger partial charge in [-0.3, -0.25) is 0 Å². The second kappa shape index (κ2) is 5.36. The first kappa shape index (κ1) is 12.3. The standard InChI is InChI=1S/C12H18N4/c1-4-8(2)9(3)15-12-6-5-10(14)11(7-13)16-12/h5-6,8-9H,4,14H2,1-3H3,(H,15,16). The van der Waals surface area contributed by atoms with E-state index in [1.165, 1.54) is 0 Å². The van der Waals surface area contributed by atoms with Gasteiger partial charge in [-0.15, -0.1) is 0 Å². The lowest BCUT2D eigenvalue weighted by atomic mass is 10.0. The highest BCUT2D eigenvalue weighted by Gasteiger charge is 2.11. The van der Waals surface area contributed by atoms with Gasteiger partial charge in [0.05, 0.1) is 5.69 Å². The lowest BCUT2D eigenvalue weighted by Crippen LogP contribution is -2.23. The van der Waals surface area contributed by atoms with Crippen molar-refractivity contribution >= 4 is 11.5 Å². The third kappa shape index (κ3) is 2.86. The summed E-state index contributed by atoms with van der Waals surface area (Å²) in [5, 5.41) is 12.1. The quantitative estimate of drug-likeness (QED) is 0.813. The van der Waals surface area contributed by atoms with Crippen LogP contribution in [0.5, 0.6) is 0 Å². The number of nitrogens with one attached hydrogen (secondary N) is 1. The number of nitriles is 1. The lowest BCUT2D eigenvalue weighted by Gasteiger charge is -2.20. The molecule has 1 rings (SSSR count). The van der Waals surface area contributed by atoms with Crippen LogP contribution in [0.1, 0.15) is 32.9 Å². The van der Waals surface area contributed by atoms with Crippen molar-refractivity contribution in [2.75, 3.05) is 11.1 Å². The summed E-state index contributed by atoms with van der Waals surface area (Å²) < 4.78 is 0. The molecule has 0 aliphatic rings. The molecule has 2 atom stereocenters. The topological polar surface area (TPSA) is 74.7 Å². The minimum absolute atomic E-state index is 0.279. The van der Waals surface area contributed by atoms with Crippen molar-refractivity contribution in [1.82, 2.24) is 4.98 Å². The molecular formula is C12H18N4. The Morgan fingerprint density at radius 3 is 2.75 bits per heavy atom. The van der Waals surface area contributed by atoms with Gasteiger partial charge >= 0.3 is 0 Å². The highest BCUT2D eigenvalue weighted by molar-refractivity contribution is 5.54. The molecule has 0 saturated carbocycles. The predicted octanol–water partition coefficient (Wildman–Crippen LogP) is 2.38. The van der Waals surface area contributed by atoms with Crippen LogP contribution in [0.3, 0.4) is 0 Å². The van der Waals surface area contributed by atoms with Crippen molar-refractivity contribution in [2.45, 2.75) is 33.2 Å². The van der Waals surface area contributed by atoms with Crippen LogP contribution < -0.4 is 11.1 Å². The summed E-state index contributed by atoms with van der Waals surface area (Å²) in [4.78, 5) is 4.15. The maximum absolute atomic E-state index is 8.81. The van der Waals surface area contributed by atoms with E-state index in [2.05, 4.69) is 31.1 Å². The average molecular weight is 218 g/mol. The Bertz CT molecular complexity index is 394. The van der Waals surface area contributed by atoms with E-state index in [1.807, 2.05) is 6.07 Å². The van der Waals surface area contributed by atoms with Crippen molar-refractivity contribution in [3.8, 4) is 6.07 Å². The fourth-order valence-corrected chi connectivity index (χ4v) is 1.37. The molecule has 0 aliphatic heterocycles. The molecule has 0 amide bonds. The first-order chi connectivity index (χ1) is 7.58. The van der Waals surface area contributed by atoms with Crippen molar-refractivity contribution in [1.29, 1.82) is 5.26 Å². The van der Waals surface area contributed by atoms with E-state index in [9.17, 15) is 0 Å². The summed E-state index contributed by atoms with van der Waals surface area (Å²) in [5.41, 5.74) is 6.30. The Hall–Kier alpha value is -1.76. The van der Waals surface area contributed by atoms with Gasteiger partial charge in [-0.2, -0.15) is 5.26 Å². The van der Waals surface area contributed by atoms with Crippen LogP contribution in [0.2, 0.25) is 0 Å². The number of nitrogen functional groups attached to an aromatic ring is 1. The SMILES string of the molecule is CCC(C)C(C)Nc1ccc(N)c(C#N)n1. The molecule has 1 aromatic heterocycles. The van der Waals surface area contributed by atoms with Gasteiger partial charge in [-0.05, 0) is 25.0 Å². The maximum atomic E-state index is 8.81. The number of nitrogens with zero attached hydrogens (tertiary/aromatic N) is 2. The molecular weight excluding hydrogens is 200 g/mol. The Balaban J connectivity index is 2.79. The van der Waals surface area contributed by atoms with Crippen molar-refractivity contribution < 1.29 is 0 Å². The van der Waals surface area contributed by atoms with E-state index < -0.39 is 0 Å². The molecule has 1 heterocycles. The van der Waals surface area contributed by atoms with E-state index in [0.29, 0.717) is 23.5 Å². The second-order valence-corrected chi connectivity index (χ2v) is 4.06. The minimum atomic E-state index is 0.279. The monoisotopic (exact) mass is 218 g/mol. The Morgan fingerprint density at radius 1 is 1.50 bits per heavy atom. The van der Waals surface area contributed by atoms with Crippen molar-refractivity contribution in [3.63, 3.8) is 0 Å². The van der Waals surface area contributed by atoms with E-state index in [0.717, 1.165) is 6.42 Å². The first-order valence-electron chi connectivity index (χ1n) is 5.51. The molecule has 4 nitrogen and oxygen atoms in total. The largest absolute Gasteiger partial charge is 0.396 e. The number of rotatable bonds is 4. The van der Waals surface area contributed by atoms with Crippen LogP contribution in [-0.2, 0) is 0 Å². The normalized spacial score (nSPS) is 13.9.